The van der Waals surface area contributed by atoms with Gasteiger partial charge in [-0.05, 0) is 32.4 Å². The summed E-state index contributed by atoms with van der Waals surface area (Å²) in [5, 5.41) is 14.6. The van der Waals surface area contributed by atoms with E-state index >= 15 is 0 Å². The number of rotatable bonds is 12. The number of nitrogens with two attached hydrogens (primary N) is 1. The zero-order chi connectivity index (χ0) is 12.8. The molecule has 6 nitrogen and oxygen atoms in total. The Morgan fingerprint density at radius 2 is 1.94 bits per heavy atom. The molecule has 0 aliphatic heterocycles. The van der Waals surface area contributed by atoms with Crippen molar-refractivity contribution in [3.63, 3.8) is 0 Å². The van der Waals surface area contributed by atoms with Crippen LogP contribution in [0.15, 0.2) is 5.16 Å². The van der Waals surface area contributed by atoms with Gasteiger partial charge in [0.25, 0.3) is 0 Å². The summed E-state index contributed by atoms with van der Waals surface area (Å²) in [6.07, 6.45) is 3.62. The molecule has 0 aromatic heterocycles. The van der Waals surface area contributed by atoms with E-state index in [4.69, 9.17) is 20.4 Å². The number of nitrogens with zero attached hydrogens (tertiary/aromatic N) is 1. The quantitative estimate of drug-likeness (QED) is 0.154. The molecule has 0 aliphatic rings. The number of oxime groups is 1. The van der Waals surface area contributed by atoms with E-state index in [0.29, 0.717) is 25.5 Å². The van der Waals surface area contributed by atoms with Crippen LogP contribution in [-0.4, -0.2) is 51.1 Å². The summed E-state index contributed by atoms with van der Waals surface area (Å²) in [6.45, 7) is 3.99. The Hall–Kier alpha value is -0.850. The van der Waals surface area contributed by atoms with Crippen LogP contribution in [0.1, 0.15) is 25.7 Å². The molecule has 0 bridgehead atoms. The van der Waals surface area contributed by atoms with Crippen LogP contribution in [-0.2, 0) is 9.47 Å². The first-order chi connectivity index (χ1) is 8.31. The Labute approximate surface area is 103 Å². The van der Waals surface area contributed by atoms with Crippen molar-refractivity contribution in [2.75, 3.05) is 40.0 Å². The van der Waals surface area contributed by atoms with Crippen LogP contribution in [0.3, 0.4) is 0 Å². The van der Waals surface area contributed by atoms with Crippen LogP contribution in [0.5, 0.6) is 0 Å². The molecule has 6 heteroatoms. The summed E-state index contributed by atoms with van der Waals surface area (Å²) in [6, 6.07) is 0. The van der Waals surface area contributed by atoms with Gasteiger partial charge in [0.15, 0.2) is 0 Å². The van der Waals surface area contributed by atoms with Gasteiger partial charge in [-0.3, -0.25) is 0 Å². The molecule has 0 aromatic rings. The molecular weight excluding hydrogens is 222 g/mol. The second kappa shape index (κ2) is 13.2. The SMILES string of the molecule is COCCOCCCNCCCCC(N)=NO. The van der Waals surface area contributed by atoms with Crippen molar-refractivity contribution in [2.24, 2.45) is 10.9 Å². The maximum absolute atomic E-state index is 8.32. The molecule has 0 saturated carbocycles. The maximum atomic E-state index is 8.32. The average molecular weight is 247 g/mol. The predicted octanol–water partition coefficient (Wildman–Crippen LogP) is 0.546. The fourth-order valence-electron chi connectivity index (χ4n) is 1.27. The molecule has 0 unspecified atom stereocenters. The molecule has 17 heavy (non-hydrogen) atoms. The number of nitrogens with one attached hydrogen (secondary N) is 1. The monoisotopic (exact) mass is 247 g/mol. The first-order valence-corrected chi connectivity index (χ1v) is 6.05. The summed E-state index contributed by atoms with van der Waals surface area (Å²) in [7, 11) is 1.67. The molecule has 0 fully saturated rings. The summed E-state index contributed by atoms with van der Waals surface area (Å²) < 4.78 is 10.2. The summed E-state index contributed by atoms with van der Waals surface area (Å²) in [5.41, 5.74) is 5.35. The Bertz CT molecular complexity index is 189. The third-order valence-corrected chi connectivity index (χ3v) is 2.24. The Kier molecular flexibility index (Phi) is 12.6. The lowest BCUT2D eigenvalue weighted by molar-refractivity contribution is 0.0695. The van der Waals surface area contributed by atoms with Crippen molar-refractivity contribution >= 4 is 5.84 Å². The van der Waals surface area contributed by atoms with E-state index in [9.17, 15) is 0 Å². The lowest BCUT2D eigenvalue weighted by Crippen LogP contribution is -2.19. The minimum absolute atomic E-state index is 0.302. The molecular formula is C11H25N3O3. The number of hydrogen-bond acceptors (Lipinski definition) is 5. The van der Waals surface area contributed by atoms with Gasteiger partial charge in [0.05, 0.1) is 13.2 Å². The van der Waals surface area contributed by atoms with Gasteiger partial charge in [0, 0.05) is 20.1 Å². The normalized spacial score (nSPS) is 11.9. The third-order valence-electron chi connectivity index (χ3n) is 2.24. The number of ether oxygens (including phenoxy) is 2. The first kappa shape index (κ1) is 16.1. The summed E-state index contributed by atoms with van der Waals surface area (Å²) >= 11 is 0. The number of methoxy groups -OCH3 is 1. The van der Waals surface area contributed by atoms with E-state index in [1.54, 1.807) is 7.11 Å². The predicted molar refractivity (Wildman–Crippen MR) is 67.4 cm³/mol. The van der Waals surface area contributed by atoms with Crippen LogP contribution in [0.25, 0.3) is 0 Å². The van der Waals surface area contributed by atoms with E-state index in [-0.39, 0.29) is 0 Å². The van der Waals surface area contributed by atoms with Crippen molar-refractivity contribution in [1.29, 1.82) is 0 Å². The van der Waals surface area contributed by atoms with Crippen LogP contribution in [0, 0.1) is 0 Å². The summed E-state index contributed by atoms with van der Waals surface area (Å²) in [4.78, 5) is 0. The number of unbranched alkanes of at least 4 members (excludes halogenated alkanes) is 1. The highest BCUT2D eigenvalue weighted by atomic mass is 16.5. The van der Waals surface area contributed by atoms with Gasteiger partial charge in [0.2, 0.25) is 0 Å². The highest BCUT2D eigenvalue weighted by Gasteiger charge is 1.94. The van der Waals surface area contributed by atoms with Gasteiger partial charge in [-0.2, -0.15) is 0 Å². The van der Waals surface area contributed by atoms with Crippen molar-refractivity contribution in [3.05, 3.63) is 0 Å². The molecule has 102 valence electrons. The standard InChI is InChI=1S/C11H25N3O3/c1-16-9-10-17-8-4-7-13-6-3-2-5-11(12)14-15/h13,15H,2-10H2,1H3,(H2,12,14). The maximum Gasteiger partial charge on any atom is 0.139 e. The summed E-state index contributed by atoms with van der Waals surface area (Å²) in [5.74, 6) is 0.302. The number of amidine groups is 1. The number of hydrogen-bond donors (Lipinski definition) is 3. The lowest BCUT2D eigenvalue weighted by Gasteiger charge is -2.05. The highest BCUT2D eigenvalue weighted by Crippen LogP contribution is 1.93. The fourth-order valence-corrected chi connectivity index (χ4v) is 1.27. The highest BCUT2D eigenvalue weighted by molar-refractivity contribution is 5.79. The molecule has 0 saturated heterocycles. The molecule has 0 aliphatic carbocycles. The average Bonchev–Trinajstić information content (AvgIpc) is 2.35. The zero-order valence-corrected chi connectivity index (χ0v) is 10.7. The van der Waals surface area contributed by atoms with E-state index < -0.39 is 0 Å². The minimum Gasteiger partial charge on any atom is -0.409 e. The Morgan fingerprint density at radius 3 is 2.65 bits per heavy atom. The molecule has 0 aromatic carbocycles. The molecule has 4 N–H and O–H groups in total. The third kappa shape index (κ3) is 13.1. The van der Waals surface area contributed by atoms with Crippen molar-refractivity contribution in [1.82, 2.24) is 5.32 Å². The van der Waals surface area contributed by atoms with E-state index in [0.717, 1.165) is 39.0 Å². The van der Waals surface area contributed by atoms with Crippen molar-refractivity contribution in [3.8, 4) is 0 Å². The Balaban J connectivity index is 2.99. The van der Waals surface area contributed by atoms with Gasteiger partial charge in [-0.25, -0.2) is 0 Å². The topological polar surface area (TPSA) is 89.1 Å². The van der Waals surface area contributed by atoms with E-state index in [1.807, 2.05) is 0 Å². The largest absolute Gasteiger partial charge is 0.409 e. The second-order valence-corrected chi connectivity index (χ2v) is 3.76. The first-order valence-electron chi connectivity index (χ1n) is 6.05. The van der Waals surface area contributed by atoms with Gasteiger partial charge >= 0.3 is 0 Å². The van der Waals surface area contributed by atoms with Crippen LogP contribution in [0.2, 0.25) is 0 Å². The second-order valence-electron chi connectivity index (χ2n) is 3.76. The van der Waals surface area contributed by atoms with Gasteiger partial charge in [-0.1, -0.05) is 5.16 Å². The molecule has 0 amide bonds. The molecule has 0 radical (unpaired) electrons. The van der Waals surface area contributed by atoms with Crippen LogP contribution >= 0.6 is 0 Å². The minimum atomic E-state index is 0.302. The molecule has 0 rings (SSSR count). The van der Waals surface area contributed by atoms with E-state index in [1.165, 1.54) is 0 Å². The molecule has 0 heterocycles. The van der Waals surface area contributed by atoms with Gasteiger partial charge in [-0.15, -0.1) is 0 Å². The van der Waals surface area contributed by atoms with Crippen molar-refractivity contribution in [2.45, 2.75) is 25.7 Å². The van der Waals surface area contributed by atoms with Crippen LogP contribution in [0.4, 0.5) is 0 Å². The van der Waals surface area contributed by atoms with E-state index in [2.05, 4.69) is 10.5 Å². The lowest BCUT2D eigenvalue weighted by atomic mass is 10.2. The van der Waals surface area contributed by atoms with Crippen molar-refractivity contribution < 1.29 is 14.7 Å². The van der Waals surface area contributed by atoms with Crippen LogP contribution < -0.4 is 11.1 Å². The Morgan fingerprint density at radius 1 is 1.18 bits per heavy atom. The molecule has 0 spiro atoms. The fraction of sp³-hybridized carbons (Fsp3) is 0.909. The van der Waals surface area contributed by atoms with Gasteiger partial charge < -0.3 is 25.7 Å². The molecule has 0 atom stereocenters. The smallest absolute Gasteiger partial charge is 0.139 e. The van der Waals surface area contributed by atoms with Gasteiger partial charge in [0.1, 0.15) is 5.84 Å². The zero-order valence-electron chi connectivity index (χ0n) is 10.7.